The number of nitrogens with zero attached hydrogens (tertiary/aromatic N) is 2. The van der Waals surface area contributed by atoms with Crippen molar-refractivity contribution in [2.45, 2.75) is 38.9 Å². The van der Waals surface area contributed by atoms with Gasteiger partial charge in [-0.1, -0.05) is 48.0 Å². The van der Waals surface area contributed by atoms with Gasteiger partial charge in [0.05, 0.1) is 18.2 Å². The molecule has 7 nitrogen and oxygen atoms in total. The molecule has 35 heavy (non-hydrogen) atoms. The molecule has 0 saturated heterocycles. The third-order valence-electron chi connectivity index (χ3n) is 5.27. The third kappa shape index (κ3) is 7.53. The van der Waals surface area contributed by atoms with Gasteiger partial charge in [-0.3, -0.25) is 4.98 Å². The van der Waals surface area contributed by atoms with Gasteiger partial charge in [-0.25, -0.2) is 9.59 Å². The standard InChI is InChI=1S/C27H29ClN2O5/c1-27(2,3)35-26(34)30(17-24(31)21-5-4-13-29-16-21)14-12-18-6-8-19(9-7-18)22-11-10-20(25(32)33)15-23(22)28/h4-11,13,15-16,24,31H,12,14,17H2,1-3H3,(H,32,33)/t24-/m0/s1. The van der Waals surface area contributed by atoms with Gasteiger partial charge in [-0.2, -0.15) is 0 Å². The number of carbonyl (C=O) groups is 2. The molecule has 1 atom stereocenters. The van der Waals surface area contributed by atoms with Crippen LogP contribution in [0.3, 0.4) is 0 Å². The molecule has 0 spiro atoms. The first-order valence-electron chi connectivity index (χ1n) is 11.2. The van der Waals surface area contributed by atoms with E-state index in [9.17, 15) is 14.7 Å². The van der Waals surface area contributed by atoms with Crippen LogP contribution < -0.4 is 0 Å². The Bertz CT molecular complexity index is 1160. The summed E-state index contributed by atoms with van der Waals surface area (Å²) in [6.45, 7) is 5.82. The molecule has 0 saturated carbocycles. The molecule has 0 fully saturated rings. The number of pyridine rings is 1. The predicted octanol–water partition coefficient (Wildman–Crippen LogP) is 5.61. The van der Waals surface area contributed by atoms with E-state index in [0.717, 1.165) is 16.7 Å². The van der Waals surface area contributed by atoms with E-state index in [1.54, 1.807) is 51.4 Å². The normalized spacial score (nSPS) is 12.1. The van der Waals surface area contributed by atoms with Gasteiger partial charge in [0.2, 0.25) is 0 Å². The van der Waals surface area contributed by atoms with Gasteiger partial charge in [0, 0.05) is 35.1 Å². The zero-order valence-electron chi connectivity index (χ0n) is 19.9. The van der Waals surface area contributed by atoms with Crippen molar-refractivity contribution in [2.75, 3.05) is 13.1 Å². The molecule has 1 aromatic heterocycles. The van der Waals surface area contributed by atoms with Crippen molar-refractivity contribution in [2.24, 2.45) is 0 Å². The van der Waals surface area contributed by atoms with Crippen LogP contribution in [-0.4, -0.2) is 50.9 Å². The smallest absolute Gasteiger partial charge is 0.410 e. The number of aromatic nitrogens is 1. The molecule has 0 aliphatic heterocycles. The second-order valence-electron chi connectivity index (χ2n) is 9.18. The summed E-state index contributed by atoms with van der Waals surface area (Å²) in [5, 5.41) is 20.1. The molecule has 0 unspecified atom stereocenters. The lowest BCUT2D eigenvalue weighted by atomic mass is 10.0. The summed E-state index contributed by atoms with van der Waals surface area (Å²) < 4.78 is 5.55. The number of hydrogen-bond acceptors (Lipinski definition) is 5. The first-order chi connectivity index (χ1) is 16.5. The van der Waals surface area contributed by atoms with Crippen molar-refractivity contribution in [3.8, 4) is 11.1 Å². The maximum Gasteiger partial charge on any atom is 0.410 e. The first kappa shape index (κ1) is 26.2. The van der Waals surface area contributed by atoms with Gasteiger partial charge in [0.1, 0.15) is 5.60 Å². The number of rotatable bonds is 8. The molecule has 0 bridgehead atoms. The highest BCUT2D eigenvalue weighted by Gasteiger charge is 2.24. The summed E-state index contributed by atoms with van der Waals surface area (Å²) in [5.74, 6) is -1.03. The van der Waals surface area contributed by atoms with E-state index in [2.05, 4.69) is 4.98 Å². The van der Waals surface area contributed by atoms with Crippen LogP contribution in [0.4, 0.5) is 4.79 Å². The minimum atomic E-state index is -1.03. The van der Waals surface area contributed by atoms with Gasteiger partial charge in [0.25, 0.3) is 0 Å². The van der Waals surface area contributed by atoms with Gasteiger partial charge >= 0.3 is 12.1 Å². The lowest BCUT2D eigenvalue weighted by Crippen LogP contribution is -2.40. The van der Waals surface area contributed by atoms with Crippen LogP contribution in [-0.2, 0) is 11.2 Å². The molecule has 3 aromatic rings. The van der Waals surface area contributed by atoms with Gasteiger partial charge in [-0.15, -0.1) is 0 Å². The number of carboxylic acids is 1. The molecule has 2 aromatic carbocycles. The van der Waals surface area contributed by atoms with Crippen molar-refractivity contribution in [1.82, 2.24) is 9.88 Å². The molecular formula is C27H29ClN2O5. The number of hydrogen-bond donors (Lipinski definition) is 2. The van der Waals surface area contributed by atoms with E-state index in [0.29, 0.717) is 23.6 Å². The quantitative estimate of drug-likeness (QED) is 0.420. The minimum Gasteiger partial charge on any atom is -0.478 e. The monoisotopic (exact) mass is 496 g/mol. The van der Waals surface area contributed by atoms with Gasteiger partial charge in [-0.05, 0) is 56.5 Å². The van der Waals surface area contributed by atoms with Crippen LogP contribution in [0, 0.1) is 0 Å². The Kier molecular flexibility index (Phi) is 8.48. The van der Waals surface area contributed by atoms with E-state index < -0.39 is 23.8 Å². The van der Waals surface area contributed by atoms with E-state index in [4.69, 9.17) is 21.4 Å². The summed E-state index contributed by atoms with van der Waals surface area (Å²) in [4.78, 5) is 29.5. The lowest BCUT2D eigenvalue weighted by molar-refractivity contribution is 0.0146. The molecular weight excluding hydrogens is 468 g/mol. The van der Waals surface area contributed by atoms with Crippen LogP contribution in [0.2, 0.25) is 5.02 Å². The Hall–Kier alpha value is -3.42. The third-order valence-corrected chi connectivity index (χ3v) is 5.58. The molecule has 3 rings (SSSR count). The Morgan fingerprint density at radius 1 is 1.11 bits per heavy atom. The first-order valence-corrected chi connectivity index (χ1v) is 11.6. The number of aromatic carboxylic acids is 1. The summed E-state index contributed by atoms with van der Waals surface area (Å²) in [6, 6.07) is 15.8. The summed E-state index contributed by atoms with van der Waals surface area (Å²) in [5.41, 5.74) is 2.66. The highest BCUT2D eigenvalue weighted by atomic mass is 35.5. The molecule has 1 amide bonds. The average molecular weight is 497 g/mol. The molecule has 0 aliphatic rings. The zero-order chi connectivity index (χ0) is 25.6. The Balaban J connectivity index is 1.71. The summed E-state index contributed by atoms with van der Waals surface area (Å²) in [6.07, 6.45) is 2.35. The van der Waals surface area contributed by atoms with E-state index >= 15 is 0 Å². The van der Waals surface area contributed by atoms with E-state index in [1.165, 1.54) is 17.0 Å². The Morgan fingerprint density at radius 2 is 1.83 bits per heavy atom. The number of ether oxygens (including phenoxy) is 1. The van der Waals surface area contributed by atoms with Crippen molar-refractivity contribution < 1.29 is 24.5 Å². The van der Waals surface area contributed by atoms with Crippen LogP contribution in [0.1, 0.15) is 48.4 Å². The molecule has 0 aliphatic carbocycles. The number of carboxylic acid groups (broad SMARTS) is 1. The number of aliphatic hydroxyl groups excluding tert-OH is 1. The SMILES string of the molecule is CC(C)(C)OC(=O)N(CCc1ccc(-c2ccc(C(=O)O)cc2Cl)cc1)C[C@H](O)c1cccnc1. The number of carbonyl (C=O) groups excluding carboxylic acids is 1. The maximum atomic E-state index is 12.8. The summed E-state index contributed by atoms with van der Waals surface area (Å²) in [7, 11) is 0. The van der Waals surface area contributed by atoms with Crippen LogP contribution >= 0.6 is 11.6 Å². The van der Waals surface area contributed by atoms with Crippen LogP contribution in [0.5, 0.6) is 0 Å². The molecule has 8 heteroatoms. The number of benzene rings is 2. The molecule has 1 heterocycles. The average Bonchev–Trinajstić information content (AvgIpc) is 2.81. The molecule has 0 radical (unpaired) electrons. The van der Waals surface area contributed by atoms with Crippen LogP contribution in [0.25, 0.3) is 11.1 Å². The van der Waals surface area contributed by atoms with Crippen molar-refractivity contribution in [3.63, 3.8) is 0 Å². The molecule has 2 N–H and O–H groups in total. The zero-order valence-corrected chi connectivity index (χ0v) is 20.7. The number of amides is 1. The fourth-order valence-electron chi connectivity index (χ4n) is 3.47. The second-order valence-corrected chi connectivity index (χ2v) is 9.58. The predicted molar refractivity (Wildman–Crippen MR) is 135 cm³/mol. The van der Waals surface area contributed by atoms with Crippen molar-refractivity contribution in [3.05, 3.63) is 88.7 Å². The topological polar surface area (TPSA) is 100.0 Å². The highest BCUT2D eigenvalue weighted by Crippen LogP contribution is 2.29. The van der Waals surface area contributed by atoms with E-state index in [-0.39, 0.29) is 12.1 Å². The summed E-state index contributed by atoms with van der Waals surface area (Å²) >= 11 is 6.29. The molecule has 184 valence electrons. The fourth-order valence-corrected chi connectivity index (χ4v) is 3.76. The minimum absolute atomic E-state index is 0.0736. The lowest BCUT2D eigenvalue weighted by Gasteiger charge is -2.29. The number of halogens is 1. The Morgan fingerprint density at radius 3 is 2.40 bits per heavy atom. The fraction of sp³-hybridized carbons (Fsp3) is 0.296. The largest absolute Gasteiger partial charge is 0.478 e. The van der Waals surface area contributed by atoms with Gasteiger partial charge in [0.15, 0.2) is 0 Å². The van der Waals surface area contributed by atoms with E-state index in [1.807, 2.05) is 24.3 Å². The Labute approximate surface area is 210 Å². The number of aliphatic hydroxyl groups is 1. The highest BCUT2D eigenvalue weighted by molar-refractivity contribution is 6.33. The second kappa shape index (κ2) is 11.3. The van der Waals surface area contributed by atoms with Crippen molar-refractivity contribution >= 4 is 23.7 Å². The van der Waals surface area contributed by atoms with Gasteiger partial charge < -0.3 is 19.8 Å². The van der Waals surface area contributed by atoms with Crippen molar-refractivity contribution in [1.29, 1.82) is 0 Å². The van der Waals surface area contributed by atoms with Crippen LogP contribution in [0.15, 0.2) is 67.0 Å². The maximum absolute atomic E-state index is 12.8.